The van der Waals surface area contributed by atoms with Crippen molar-refractivity contribution in [3.8, 4) is 0 Å². The Balaban J connectivity index is 0.00000312. The molecule has 7 nitrogen and oxygen atoms in total. The van der Waals surface area contributed by atoms with Crippen molar-refractivity contribution in [1.82, 2.24) is 4.90 Å². The Bertz CT molecular complexity index is 702. The Labute approximate surface area is 165 Å². The van der Waals surface area contributed by atoms with Crippen LogP contribution in [0.5, 0.6) is 0 Å². The molecule has 0 aliphatic heterocycles. The first kappa shape index (κ1) is 23.9. The molecule has 0 aliphatic carbocycles. The summed E-state index contributed by atoms with van der Waals surface area (Å²) in [7, 11) is 3.84. The van der Waals surface area contributed by atoms with Gasteiger partial charge in [0.25, 0.3) is 5.91 Å². The van der Waals surface area contributed by atoms with Crippen LogP contribution in [0.4, 0.5) is 11.4 Å². The number of halogens is 2. The van der Waals surface area contributed by atoms with Crippen molar-refractivity contribution in [2.24, 2.45) is 5.73 Å². The van der Waals surface area contributed by atoms with Crippen LogP contribution in [-0.4, -0.2) is 37.4 Å². The van der Waals surface area contributed by atoms with Gasteiger partial charge in [0.2, 0.25) is 5.91 Å². The summed E-state index contributed by atoms with van der Waals surface area (Å²) in [5, 5.41) is 5.57. The maximum absolute atomic E-state index is 12.1. The zero-order valence-corrected chi connectivity index (χ0v) is 16.3. The highest BCUT2D eigenvalue weighted by Crippen LogP contribution is 2.16. The molecular weight excluding hydrogens is 379 g/mol. The van der Waals surface area contributed by atoms with E-state index in [0.29, 0.717) is 35.7 Å². The van der Waals surface area contributed by atoms with Crippen LogP contribution in [-0.2, 0) is 11.3 Å². The number of furan rings is 1. The summed E-state index contributed by atoms with van der Waals surface area (Å²) >= 11 is 0. The first-order chi connectivity index (χ1) is 11.5. The van der Waals surface area contributed by atoms with E-state index in [1.165, 1.54) is 6.26 Å². The minimum atomic E-state index is -0.277. The second kappa shape index (κ2) is 11.5. The third-order valence-corrected chi connectivity index (χ3v) is 3.33. The van der Waals surface area contributed by atoms with Crippen molar-refractivity contribution in [1.29, 1.82) is 0 Å². The van der Waals surface area contributed by atoms with Crippen LogP contribution < -0.4 is 16.4 Å². The molecule has 1 heterocycles. The molecular formula is C17H24Cl2N4O3. The third-order valence-electron chi connectivity index (χ3n) is 3.33. The number of amides is 2. The monoisotopic (exact) mass is 402 g/mol. The van der Waals surface area contributed by atoms with Crippen LogP contribution in [0, 0.1) is 0 Å². The lowest BCUT2D eigenvalue weighted by Gasteiger charge is -2.10. The number of benzene rings is 1. The number of nitrogens with zero attached hydrogens (tertiary/aromatic N) is 1. The molecule has 0 atom stereocenters. The molecule has 0 saturated heterocycles. The van der Waals surface area contributed by atoms with Crippen molar-refractivity contribution in [2.75, 3.05) is 31.3 Å². The third kappa shape index (κ3) is 7.45. The largest absolute Gasteiger partial charge is 0.467 e. The molecule has 0 unspecified atom stereocenters. The van der Waals surface area contributed by atoms with Gasteiger partial charge in [-0.05, 0) is 44.4 Å². The summed E-state index contributed by atoms with van der Waals surface area (Å²) in [5.74, 6) is 0.227. The summed E-state index contributed by atoms with van der Waals surface area (Å²) in [4.78, 5) is 25.8. The maximum atomic E-state index is 12.1. The van der Waals surface area contributed by atoms with Gasteiger partial charge in [0, 0.05) is 24.3 Å². The van der Waals surface area contributed by atoms with Gasteiger partial charge in [-0.1, -0.05) is 0 Å². The van der Waals surface area contributed by atoms with Gasteiger partial charge in [-0.2, -0.15) is 0 Å². The number of anilines is 2. The predicted octanol–water partition coefficient (Wildman–Crippen LogP) is 2.72. The number of hydrogen-bond donors (Lipinski definition) is 3. The molecule has 0 saturated carbocycles. The van der Waals surface area contributed by atoms with Gasteiger partial charge in [0.15, 0.2) is 0 Å². The Kier molecular flexibility index (Phi) is 10.6. The fraction of sp³-hybridized carbons (Fsp3) is 0.294. The number of rotatable bonds is 7. The number of carbonyl (C=O) groups excluding carboxylic acids is 2. The standard InChI is InChI=1S/C17H22N4O3.2ClH/c1-21(2)8-7-16(22)19-13-3-5-14(6-4-13)20-17(23)12-9-15(10-18)24-11-12;;/h3-6,9,11H,7-8,10,18H2,1-2H3,(H,19,22)(H,20,23);2*1H. The van der Waals surface area contributed by atoms with E-state index in [-0.39, 0.29) is 43.2 Å². The molecule has 0 fully saturated rings. The topological polar surface area (TPSA) is 101 Å². The molecule has 144 valence electrons. The van der Waals surface area contributed by atoms with Crippen molar-refractivity contribution < 1.29 is 14.0 Å². The van der Waals surface area contributed by atoms with Crippen LogP contribution in [0.3, 0.4) is 0 Å². The number of carbonyl (C=O) groups is 2. The SMILES string of the molecule is CN(C)CCC(=O)Nc1ccc(NC(=O)c2coc(CN)c2)cc1.Cl.Cl. The second-order valence-electron chi connectivity index (χ2n) is 5.64. The maximum Gasteiger partial charge on any atom is 0.258 e. The minimum Gasteiger partial charge on any atom is -0.467 e. The lowest BCUT2D eigenvalue weighted by Crippen LogP contribution is -2.20. The van der Waals surface area contributed by atoms with Gasteiger partial charge in [0.1, 0.15) is 12.0 Å². The Morgan fingerprint density at radius 1 is 1.08 bits per heavy atom. The van der Waals surface area contributed by atoms with E-state index < -0.39 is 0 Å². The average Bonchev–Trinajstić information content (AvgIpc) is 3.04. The van der Waals surface area contributed by atoms with Crippen LogP contribution in [0.1, 0.15) is 22.5 Å². The van der Waals surface area contributed by atoms with E-state index in [0.717, 1.165) is 0 Å². The number of nitrogens with one attached hydrogen (secondary N) is 2. The van der Waals surface area contributed by atoms with Crippen molar-refractivity contribution in [3.63, 3.8) is 0 Å². The van der Waals surface area contributed by atoms with Gasteiger partial charge in [0.05, 0.1) is 12.1 Å². The average molecular weight is 403 g/mol. The summed E-state index contributed by atoms with van der Waals surface area (Å²) in [5.41, 5.74) is 7.17. The molecule has 0 spiro atoms. The molecule has 2 aromatic rings. The quantitative estimate of drug-likeness (QED) is 0.660. The Morgan fingerprint density at radius 2 is 1.65 bits per heavy atom. The normalized spacial score (nSPS) is 9.85. The minimum absolute atomic E-state index is 0. The highest BCUT2D eigenvalue weighted by atomic mass is 35.5. The zero-order valence-electron chi connectivity index (χ0n) is 14.7. The van der Waals surface area contributed by atoms with Gasteiger partial charge < -0.3 is 25.7 Å². The summed E-state index contributed by atoms with van der Waals surface area (Å²) < 4.78 is 5.14. The Morgan fingerprint density at radius 3 is 2.15 bits per heavy atom. The lowest BCUT2D eigenvalue weighted by atomic mass is 10.2. The zero-order chi connectivity index (χ0) is 17.5. The lowest BCUT2D eigenvalue weighted by molar-refractivity contribution is -0.116. The van der Waals surface area contributed by atoms with Gasteiger partial charge >= 0.3 is 0 Å². The van der Waals surface area contributed by atoms with E-state index in [4.69, 9.17) is 10.2 Å². The van der Waals surface area contributed by atoms with Crippen LogP contribution in [0.15, 0.2) is 41.0 Å². The molecule has 4 N–H and O–H groups in total. The molecule has 9 heteroatoms. The molecule has 2 rings (SSSR count). The number of hydrogen-bond acceptors (Lipinski definition) is 5. The van der Waals surface area contributed by atoms with E-state index in [9.17, 15) is 9.59 Å². The molecule has 1 aromatic carbocycles. The van der Waals surface area contributed by atoms with Crippen LogP contribution in [0.2, 0.25) is 0 Å². The van der Waals surface area contributed by atoms with Crippen LogP contribution >= 0.6 is 24.8 Å². The van der Waals surface area contributed by atoms with Gasteiger partial charge in [-0.3, -0.25) is 9.59 Å². The van der Waals surface area contributed by atoms with E-state index in [1.54, 1.807) is 30.3 Å². The fourth-order valence-electron chi connectivity index (χ4n) is 2.00. The molecule has 0 aliphatic rings. The van der Waals surface area contributed by atoms with E-state index >= 15 is 0 Å². The second-order valence-corrected chi connectivity index (χ2v) is 5.64. The molecule has 2 amide bonds. The van der Waals surface area contributed by atoms with E-state index in [2.05, 4.69) is 10.6 Å². The first-order valence-corrected chi connectivity index (χ1v) is 7.61. The fourth-order valence-corrected chi connectivity index (χ4v) is 2.00. The van der Waals surface area contributed by atoms with Gasteiger partial charge in [-0.15, -0.1) is 24.8 Å². The Hall–Kier alpha value is -2.06. The molecule has 0 bridgehead atoms. The molecule has 26 heavy (non-hydrogen) atoms. The first-order valence-electron chi connectivity index (χ1n) is 7.61. The smallest absolute Gasteiger partial charge is 0.258 e. The highest BCUT2D eigenvalue weighted by Gasteiger charge is 2.10. The summed E-state index contributed by atoms with van der Waals surface area (Å²) in [6.07, 6.45) is 1.80. The molecule has 0 radical (unpaired) electrons. The summed E-state index contributed by atoms with van der Waals surface area (Å²) in [6.45, 7) is 0.935. The number of nitrogens with two attached hydrogens (primary N) is 1. The van der Waals surface area contributed by atoms with Crippen molar-refractivity contribution >= 4 is 48.0 Å². The van der Waals surface area contributed by atoms with E-state index in [1.807, 2.05) is 19.0 Å². The van der Waals surface area contributed by atoms with Crippen molar-refractivity contribution in [2.45, 2.75) is 13.0 Å². The van der Waals surface area contributed by atoms with Crippen LogP contribution in [0.25, 0.3) is 0 Å². The highest BCUT2D eigenvalue weighted by molar-refractivity contribution is 6.04. The predicted molar refractivity (Wildman–Crippen MR) is 107 cm³/mol. The molecule has 1 aromatic heterocycles. The van der Waals surface area contributed by atoms with Crippen molar-refractivity contribution in [3.05, 3.63) is 47.9 Å². The van der Waals surface area contributed by atoms with Gasteiger partial charge in [-0.25, -0.2) is 0 Å². The summed E-state index contributed by atoms with van der Waals surface area (Å²) in [6, 6.07) is 8.54.